The molecule has 3 heteroatoms. The lowest BCUT2D eigenvalue weighted by atomic mass is 9.99. The molecule has 0 amide bonds. The van der Waals surface area contributed by atoms with Gasteiger partial charge in [-0.3, -0.25) is 0 Å². The monoisotopic (exact) mass is 227 g/mol. The Morgan fingerprint density at radius 2 is 2.33 bits per heavy atom. The van der Waals surface area contributed by atoms with E-state index in [1.165, 1.54) is 5.56 Å². The molecule has 0 radical (unpaired) electrons. The molecule has 12 heavy (non-hydrogen) atoms. The number of nitrogens with one attached hydrogen (secondary N) is 1. The van der Waals surface area contributed by atoms with Crippen LogP contribution in [0.15, 0.2) is 22.7 Å². The second kappa shape index (κ2) is 3.17. The Morgan fingerprint density at radius 1 is 1.50 bits per heavy atom. The van der Waals surface area contributed by atoms with E-state index in [2.05, 4.69) is 21.2 Å². The zero-order valence-electron chi connectivity index (χ0n) is 6.55. The van der Waals surface area contributed by atoms with Crippen LogP contribution in [0.5, 0.6) is 0 Å². The Hall–Kier alpha value is -0.380. The molecule has 1 unspecified atom stereocenters. The summed E-state index contributed by atoms with van der Waals surface area (Å²) in [6.07, 6.45) is -0.346. The highest BCUT2D eigenvalue weighted by molar-refractivity contribution is 9.10. The molecule has 0 fully saturated rings. The molecule has 1 aromatic carbocycles. The van der Waals surface area contributed by atoms with Crippen LogP contribution in [-0.2, 0) is 6.54 Å². The van der Waals surface area contributed by atoms with Gasteiger partial charge in [0.2, 0.25) is 0 Å². The molecule has 1 atom stereocenters. The Morgan fingerprint density at radius 3 is 3.17 bits per heavy atom. The molecule has 0 saturated carbocycles. The van der Waals surface area contributed by atoms with Crippen molar-refractivity contribution in [1.82, 2.24) is 5.32 Å². The highest BCUT2D eigenvalue weighted by Crippen LogP contribution is 2.24. The molecule has 1 aliphatic rings. The number of rotatable bonds is 0. The van der Waals surface area contributed by atoms with Gasteiger partial charge in [-0.2, -0.15) is 0 Å². The molecule has 2 nitrogen and oxygen atoms in total. The number of β-amino-alcohol motifs (C(OH)–C–C–N with tert-alkyl or cyclic N) is 1. The lowest BCUT2D eigenvalue weighted by Crippen LogP contribution is -2.27. The molecular formula is C9H10BrNO. The molecule has 1 aromatic rings. The van der Waals surface area contributed by atoms with Gasteiger partial charge >= 0.3 is 0 Å². The van der Waals surface area contributed by atoms with E-state index in [0.717, 1.165) is 16.6 Å². The van der Waals surface area contributed by atoms with Crippen LogP contribution < -0.4 is 5.32 Å². The summed E-state index contributed by atoms with van der Waals surface area (Å²) in [4.78, 5) is 0. The van der Waals surface area contributed by atoms with Crippen molar-refractivity contribution in [1.29, 1.82) is 0 Å². The molecule has 1 heterocycles. The first kappa shape index (κ1) is 8.23. The van der Waals surface area contributed by atoms with Gasteiger partial charge in [0.05, 0.1) is 6.10 Å². The molecular weight excluding hydrogens is 218 g/mol. The maximum Gasteiger partial charge on any atom is 0.0917 e. The summed E-state index contributed by atoms with van der Waals surface area (Å²) < 4.78 is 1.07. The fraction of sp³-hybridized carbons (Fsp3) is 0.333. The van der Waals surface area contributed by atoms with Crippen molar-refractivity contribution in [2.45, 2.75) is 12.6 Å². The van der Waals surface area contributed by atoms with Crippen LogP contribution in [-0.4, -0.2) is 11.7 Å². The topological polar surface area (TPSA) is 32.3 Å². The van der Waals surface area contributed by atoms with E-state index in [-0.39, 0.29) is 6.10 Å². The second-order valence-electron chi connectivity index (χ2n) is 2.99. The molecule has 1 aliphatic heterocycles. The summed E-state index contributed by atoms with van der Waals surface area (Å²) in [6.45, 7) is 1.51. The summed E-state index contributed by atoms with van der Waals surface area (Å²) in [5, 5.41) is 12.7. The molecule has 0 spiro atoms. The van der Waals surface area contributed by atoms with Crippen molar-refractivity contribution < 1.29 is 5.11 Å². The smallest absolute Gasteiger partial charge is 0.0917 e. The Balaban J connectivity index is 2.46. The largest absolute Gasteiger partial charge is 0.387 e. The third kappa shape index (κ3) is 1.40. The van der Waals surface area contributed by atoms with E-state index < -0.39 is 0 Å². The number of hydrogen-bond donors (Lipinski definition) is 2. The normalized spacial score (nSPS) is 22.0. The van der Waals surface area contributed by atoms with E-state index in [0.29, 0.717) is 6.54 Å². The third-order valence-electron chi connectivity index (χ3n) is 2.12. The van der Waals surface area contributed by atoms with E-state index in [1.807, 2.05) is 18.2 Å². The Labute approximate surface area is 79.7 Å². The SMILES string of the molecule is OC1CNCc2cc(Br)ccc21. The van der Waals surface area contributed by atoms with Crippen molar-refractivity contribution in [3.05, 3.63) is 33.8 Å². The summed E-state index contributed by atoms with van der Waals surface area (Å²) in [7, 11) is 0. The third-order valence-corrected chi connectivity index (χ3v) is 2.61. The van der Waals surface area contributed by atoms with Crippen LogP contribution in [0.4, 0.5) is 0 Å². The Bertz CT molecular complexity index is 301. The Kier molecular flexibility index (Phi) is 2.17. The van der Waals surface area contributed by atoms with Crippen LogP contribution >= 0.6 is 15.9 Å². The fourth-order valence-electron chi connectivity index (χ4n) is 1.51. The maximum absolute atomic E-state index is 9.57. The predicted octanol–water partition coefficient (Wildman–Crippen LogP) is 1.59. The van der Waals surface area contributed by atoms with Crippen LogP contribution in [0.3, 0.4) is 0 Å². The number of fused-ring (bicyclic) bond motifs is 1. The first-order chi connectivity index (χ1) is 5.77. The van der Waals surface area contributed by atoms with Crippen LogP contribution in [0, 0.1) is 0 Å². The molecule has 0 aliphatic carbocycles. The van der Waals surface area contributed by atoms with Crippen LogP contribution in [0.25, 0.3) is 0 Å². The number of benzene rings is 1. The zero-order chi connectivity index (χ0) is 8.55. The van der Waals surface area contributed by atoms with Crippen molar-refractivity contribution in [2.75, 3.05) is 6.54 Å². The van der Waals surface area contributed by atoms with E-state index >= 15 is 0 Å². The summed E-state index contributed by atoms with van der Waals surface area (Å²) >= 11 is 3.40. The number of aliphatic hydroxyl groups excluding tert-OH is 1. The predicted molar refractivity (Wildman–Crippen MR) is 50.8 cm³/mol. The van der Waals surface area contributed by atoms with Crippen molar-refractivity contribution >= 4 is 15.9 Å². The molecule has 64 valence electrons. The highest BCUT2D eigenvalue weighted by atomic mass is 79.9. The summed E-state index contributed by atoms with van der Waals surface area (Å²) in [6, 6.07) is 5.99. The summed E-state index contributed by atoms with van der Waals surface area (Å²) in [5.74, 6) is 0. The van der Waals surface area contributed by atoms with Gasteiger partial charge in [0.1, 0.15) is 0 Å². The van der Waals surface area contributed by atoms with E-state index in [4.69, 9.17) is 0 Å². The average Bonchev–Trinajstić information content (AvgIpc) is 2.04. The van der Waals surface area contributed by atoms with Gasteiger partial charge in [-0.1, -0.05) is 22.0 Å². The van der Waals surface area contributed by atoms with Gasteiger partial charge in [-0.25, -0.2) is 0 Å². The first-order valence-corrected chi connectivity index (χ1v) is 4.74. The average molecular weight is 228 g/mol. The molecule has 0 saturated heterocycles. The van der Waals surface area contributed by atoms with Crippen molar-refractivity contribution in [2.24, 2.45) is 0 Å². The van der Waals surface area contributed by atoms with Gasteiger partial charge in [0.15, 0.2) is 0 Å². The lowest BCUT2D eigenvalue weighted by Gasteiger charge is -2.22. The van der Waals surface area contributed by atoms with E-state index in [9.17, 15) is 5.11 Å². The van der Waals surface area contributed by atoms with Crippen molar-refractivity contribution in [3.63, 3.8) is 0 Å². The maximum atomic E-state index is 9.57. The molecule has 0 aromatic heterocycles. The van der Waals surface area contributed by atoms with Crippen LogP contribution in [0.2, 0.25) is 0 Å². The molecule has 2 N–H and O–H groups in total. The van der Waals surface area contributed by atoms with Crippen LogP contribution in [0.1, 0.15) is 17.2 Å². The molecule has 0 bridgehead atoms. The number of hydrogen-bond acceptors (Lipinski definition) is 2. The standard InChI is InChI=1S/C9H10BrNO/c10-7-1-2-8-6(3-7)4-11-5-9(8)12/h1-3,9,11-12H,4-5H2. The number of aliphatic hydroxyl groups is 1. The first-order valence-electron chi connectivity index (χ1n) is 3.94. The minimum Gasteiger partial charge on any atom is -0.387 e. The highest BCUT2D eigenvalue weighted by Gasteiger charge is 2.16. The number of halogens is 1. The lowest BCUT2D eigenvalue weighted by molar-refractivity contribution is 0.165. The van der Waals surface area contributed by atoms with E-state index in [1.54, 1.807) is 0 Å². The summed E-state index contributed by atoms with van der Waals surface area (Å²) in [5.41, 5.74) is 2.24. The minimum atomic E-state index is -0.346. The van der Waals surface area contributed by atoms with Crippen molar-refractivity contribution in [3.8, 4) is 0 Å². The second-order valence-corrected chi connectivity index (χ2v) is 3.91. The van der Waals surface area contributed by atoms with Gasteiger partial charge in [-0.15, -0.1) is 0 Å². The van der Waals surface area contributed by atoms with Gasteiger partial charge in [0, 0.05) is 17.6 Å². The minimum absolute atomic E-state index is 0.346. The quantitative estimate of drug-likeness (QED) is 0.706. The molecule has 2 rings (SSSR count). The van der Waals surface area contributed by atoms with Gasteiger partial charge < -0.3 is 10.4 Å². The fourth-order valence-corrected chi connectivity index (χ4v) is 1.91. The van der Waals surface area contributed by atoms with Gasteiger partial charge in [0.25, 0.3) is 0 Å². The van der Waals surface area contributed by atoms with Gasteiger partial charge in [-0.05, 0) is 23.3 Å². The zero-order valence-corrected chi connectivity index (χ0v) is 8.13.